The molecule has 11 heavy (non-hydrogen) atoms. The number of ether oxygens (including phenoxy) is 1. The van der Waals surface area contributed by atoms with E-state index in [0.717, 1.165) is 5.57 Å². The average Bonchev–Trinajstić information content (AvgIpc) is 2.00. The second-order valence-corrected chi connectivity index (χ2v) is 2.81. The van der Waals surface area contributed by atoms with Gasteiger partial charge in [0.25, 0.3) is 0 Å². The van der Waals surface area contributed by atoms with Crippen LogP contribution in [0.15, 0.2) is 11.6 Å². The number of rotatable bonds is 1. The van der Waals surface area contributed by atoms with Gasteiger partial charge in [-0.2, -0.15) is 0 Å². The highest BCUT2D eigenvalue weighted by atomic mass is 16.5. The third-order valence-corrected chi connectivity index (χ3v) is 2.23. The van der Waals surface area contributed by atoms with Crippen LogP contribution in [0.3, 0.4) is 0 Å². The SMILES string of the molecule is CC[C@@]1(N)C(=O)OCC=C1C. The normalized spacial score (nSPS) is 31.2. The van der Waals surface area contributed by atoms with Crippen LogP contribution in [0, 0.1) is 0 Å². The maximum atomic E-state index is 11.2. The third kappa shape index (κ3) is 1.16. The van der Waals surface area contributed by atoms with E-state index in [1.165, 1.54) is 0 Å². The topological polar surface area (TPSA) is 52.3 Å². The zero-order valence-electron chi connectivity index (χ0n) is 6.89. The maximum Gasteiger partial charge on any atom is 0.330 e. The van der Waals surface area contributed by atoms with E-state index in [1.807, 2.05) is 19.9 Å². The molecule has 0 saturated carbocycles. The van der Waals surface area contributed by atoms with Crippen molar-refractivity contribution in [3.8, 4) is 0 Å². The number of esters is 1. The van der Waals surface area contributed by atoms with Gasteiger partial charge in [0.15, 0.2) is 0 Å². The lowest BCUT2D eigenvalue weighted by molar-refractivity contribution is -0.148. The van der Waals surface area contributed by atoms with Crippen molar-refractivity contribution in [3.05, 3.63) is 11.6 Å². The highest BCUT2D eigenvalue weighted by Gasteiger charge is 2.37. The van der Waals surface area contributed by atoms with Gasteiger partial charge >= 0.3 is 5.97 Å². The van der Waals surface area contributed by atoms with Gasteiger partial charge in [0.1, 0.15) is 12.1 Å². The third-order valence-electron chi connectivity index (χ3n) is 2.23. The van der Waals surface area contributed by atoms with Crippen molar-refractivity contribution in [1.29, 1.82) is 0 Å². The second-order valence-electron chi connectivity index (χ2n) is 2.81. The molecule has 0 radical (unpaired) electrons. The van der Waals surface area contributed by atoms with Gasteiger partial charge in [-0.1, -0.05) is 6.92 Å². The van der Waals surface area contributed by atoms with Crippen LogP contribution < -0.4 is 5.73 Å². The van der Waals surface area contributed by atoms with Gasteiger partial charge in [0, 0.05) is 0 Å². The summed E-state index contributed by atoms with van der Waals surface area (Å²) < 4.78 is 4.81. The Morgan fingerprint density at radius 3 is 2.82 bits per heavy atom. The van der Waals surface area contributed by atoms with Gasteiger partial charge < -0.3 is 10.5 Å². The zero-order valence-corrected chi connectivity index (χ0v) is 6.89. The Balaban J connectivity index is 2.96. The van der Waals surface area contributed by atoms with Crippen LogP contribution in [0.5, 0.6) is 0 Å². The minimum atomic E-state index is -0.863. The molecule has 0 aliphatic carbocycles. The fourth-order valence-corrected chi connectivity index (χ4v) is 1.14. The summed E-state index contributed by atoms with van der Waals surface area (Å²) in [6, 6.07) is 0. The lowest BCUT2D eigenvalue weighted by Crippen LogP contribution is -2.51. The van der Waals surface area contributed by atoms with Crippen LogP contribution >= 0.6 is 0 Å². The Morgan fingerprint density at radius 2 is 2.45 bits per heavy atom. The molecule has 1 aliphatic rings. The molecule has 3 heteroatoms. The van der Waals surface area contributed by atoms with E-state index < -0.39 is 5.54 Å². The first-order chi connectivity index (χ1) is 5.11. The van der Waals surface area contributed by atoms with Crippen molar-refractivity contribution < 1.29 is 9.53 Å². The van der Waals surface area contributed by atoms with Gasteiger partial charge in [-0.15, -0.1) is 0 Å². The summed E-state index contributed by atoms with van der Waals surface area (Å²) in [5.41, 5.74) is 5.85. The van der Waals surface area contributed by atoms with E-state index in [4.69, 9.17) is 10.5 Å². The molecule has 0 amide bonds. The van der Waals surface area contributed by atoms with Crippen LogP contribution in [0.2, 0.25) is 0 Å². The van der Waals surface area contributed by atoms with Crippen molar-refractivity contribution in [2.75, 3.05) is 6.61 Å². The quantitative estimate of drug-likeness (QED) is 0.445. The molecule has 2 N–H and O–H groups in total. The summed E-state index contributed by atoms with van der Waals surface area (Å²) in [4.78, 5) is 11.2. The van der Waals surface area contributed by atoms with Crippen LogP contribution in [0.25, 0.3) is 0 Å². The van der Waals surface area contributed by atoms with E-state index in [-0.39, 0.29) is 5.97 Å². The summed E-state index contributed by atoms with van der Waals surface area (Å²) in [6.45, 7) is 4.11. The van der Waals surface area contributed by atoms with Crippen molar-refractivity contribution in [1.82, 2.24) is 0 Å². The van der Waals surface area contributed by atoms with E-state index in [2.05, 4.69) is 0 Å². The van der Waals surface area contributed by atoms with Crippen molar-refractivity contribution in [3.63, 3.8) is 0 Å². The first-order valence-corrected chi connectivity index (χ1v) is 3.74. The van der Waals surface area contributed by atoms with Gasteiger partial charge in [0.05, 0.1) is 0 Å². The Kier molecular flexibility index (Phi) is 2.00. The average molecular weight is 155 g/mol. The van der Waals surface area contributed by atoms with Gasteiger partial charge in [0.2, 0.25) is 0 Å². The summed E-state index contributed by atoms with van der Waals surface area (Å²) >= 11 is 0. The fourth-order valence-electron chi connectivity index (χ4n) is 1.14. The molecule has 0 fully saturated rings. The number of carbonyl (C=O) groups is 1. The van der Waals surface area contributed by atoms with Crippen LogP contribution in [0.4, 0.5) is 0 Å². The highest BCUT2D eigenvalue weighted by molar-refractivity contribution is 5.85. The second kappa shape index (κ2) is 2.66. The Morgan fingerprint density at radius 1 is 1.82 bits per heavy atom. The largest absolute Gasteiger partial charge is 0.460 e. The van der Waals surface area contributed by atoms with Gasteiger partial charge in [-0.05, 0) is 25.0 Å². The molecule has 1 rings (SSSR count). The van der Waals surface area contributed by atoms with Crippen LogP contribution in [-0.4, -0.2) is 18.1 Å². The summed E-state index contributed by atoms with van der Waals surface area (Å²) in [7, 11) is 0. The predicted molar refractivity (Wildman–Crippen MR) is 41.9 cm³/mol. The summed E-state index contributed by atoms with van der Waals surface area (Å²) in [5.74, 6) is -0.306. The number of hydrogen-bond acceptors (Lipinski definition) is 3. The number of hydrogen-bond donors (Lipinski definition) is 1. The summed E-state index contributed by atoms with van der Waals surface area (Å²) in [6.07, 6.45) is 2.44. The van der Waals surface area contributed by atoms with E-state index >= 15 is 0 Å². The Hall–Kier alpha value is -0.830. The Labute approximate surface area is 66.2 Å². The molecule has 0 saturated heterocycles. The molecule has 1 aliphatic heterocycles. The highest BCUT2D eigenvalue weighted by Crippen LogP contribution is 2.22. The first kappa shape index (κ1) is 8.27. The lowest BCUT2D eigenvalue weighted by Gasteiger charge is -2.29. The predicted octanol–water partition coefficient (Wildman–Crippen LogP) is 0.597. The molecule has 0 spiro atoms. The molecule has 0 unspecified atom stereocenters. The minimum absolute atomic E-state index is 0.306. The zero-order chi connectivity index (χ0) is 8.48. The van der Waals surface area contributed by atoms with Gasteiger partial charge in [-0.25, -0.2) is 4.79 Å². The number of cyclic esters (lactones) is 1. The molecule has 1 heterocycles. The molecule has 3 nitrogen and oxygen atoms in total. The van der Waals surface area contributed by atoms with E-state index in [1.54, 1.807) is 0 Å². The molecular formula is C8H13NO2. The molecule has 0 bridgehead atoms. The number of nitrogens with two attached hydrogens (primary N) is 1. The molecule has 62 valence electrons. The molecule has 0 aromatic heterocycles. The molecular weight excluding hydrogens is 142 g/mol. The maximum absolute atomic E-state index is 11.2. The Bertz CT molecular complexity index is 210. The fraction of sp³-hybridized carbons (Fsp3) is 0.625. The minimum Gasteiger partial charge on any atom is -0.460 e. The van der Waals surface area contributed by atoms with E-state index in [9.17, 15) is 4.79 Å². The standard InChI is InChI=1S/C8H13NO2/c1-3-8(9)6(2)4-5-11-7(8)10/h4H,3,5,9H2,1-2H3/t8-/m0/s1. The van der Waals surface area contributed by atoms with Crippen molar-refractivity contribution in [2.24, 2.45) is 5.73 Å². The van der Waals surface area contributed by atoms with Crippen molar-refractivity contribution >= 4 is 5.97 Å². The summed E-state index contributed by atoms with van der Waals surface area (Å²) in [5, 5.41) is 0. The van der Waals surface area contributed by atoms with Crippen molar-refractivity contribution in [2.45, 2.75) is 25.8 Å². The van der Waals surface area contributed by atoms with Crippen LogP contribution in [0.1, 0.15) is 20.3 Å². The molecule has 0 aromatic rings. The van der Waals surface area contributed by atoms with Crippen LogP contribution in [-0.2, 0) is 9.53 Å². The smallest absolute Gasteiger partial charge is 0.330 e. The number of carbonyl (C=O) groups excluding carboxylic acids is 1. The van der Waals surface area contributed by atoms with E-state index in [0.29, 0.717) is 13.0 Å². The lowest BCUT2D eigenvalue weighted by atomic mass is 9.88. The molecule has 1 atom stereocenters. The monoisotopic (exact) mass is 155 g/mol. The van der Waals surface area contributed by atoms with Gasteiger partial charge in [-0.3, -0.25) is 0 Å². The first-order valence-electron chi connectivity index (χ1n) is 3.74. The molecule has 0 aromatic carbocycles.